The molecule has 3 aliphatic carbocycles. The van der Waals surface area contributed by atoms with Crippen LogP contribution in [0.3, 0.4) is 0 Å². The predicted molar refractivity (Wildman–Crippen MR) is 88.2 cm³/mol. The third-order valence-corrected chi connectivity index (χ3v) is 6.65. The minimum absolute atomic E-state index is 0.381. The van der Waals surface area contributed by atoms with E-state index in [9.17, 15) is 0 Å². The molecule has 0 saturated heterocycles. The SMILES string of the molecule is CC1(C)CCc2ccccc2C1NCC1CC2CCC1C2. The maximum absolute atomic E-state index is 3.99. The van der Waals surface area contributed by atoms with Crippen LogP contribution in [0, 0.1) is 23.2 Å². The average molecular weight is 283 g/mol. The number of rotatable bonds is 3. The molecule has 1 aromatic carbocycles. The van der Waals surface area contributed by atoms with Crippen molar-refractivity contribution in [1.82, 2.24) is 5.32 Å². The first-order valence-electron chi connectivity index (χ1n) is 8.95. The summed E-state index contributed by atoms with van der Waals surface area (Å²) in [5.41, 5.74) is 3.52. The van der Waals surface area contributed by atoms with E-state index in [0.29, 0.717) is 11.5 Å². The van der Waals surface area contributed by atoms with Gasteiger partial charge in [0.25, 0.3) is 0 Å². The van der Waals surface area contributed by atoms with Gasteiger partial charge in [-0.25, -0.2) is 0 Å². The summed E-state index contributed by atoms with van der Waals surface area (Å²) in [5.74, 6) is 3.05. The largest absolute Gasteiger partial charge is 0.309 e. The van der Waals surface area contributed by atoms with Gasteiger partial charge in [-0.3, -0.25) is 0 Å². The zero-order valence-corrected chi connectivity index (χ0v) is 13.6. The molecule has 0 aromatic heterocycles. The molecule has 1 nitrogen and oxygen atoms in total. The lowest BCUT2D eigenvalue weighted by molar-refractivity contribution is 0.191. The third kappa shape index (κ3) is 2.44. The molecule has 2 saturated carbocycles. The van der Waals surface area contributed by atoms with Crippen molar-refractivity contribution in [1.29, 1.82) is 0 Å². The van der Waals surface area contributed by atoms with E-state index < -0.39 is 0 Å². The highest BCUT2D eigenvalue weighted by atomic mass is 14.9. The van der Waals surface area contributed by atoms with Gasteiger partial charge in [0, 0.05) is 6.04 Å². The summed E-state index contributed by atoms with van der Waals surface area (Å²) in [6, 6.07) is 9.64. The van der Waals surface area contributed by atoms with Crippen molar-refractivity contribution in [3.05, 3.63) is 35.4 Å². The Morgan fingerprint density at radius 2 is 2.00 bits per heavy atom. The molecular weight excluding hydrogens is 254 g/mol. The second-order valence-electron chi connectivity index (χ2n) is 8.46. The summed E-state index contributed by atoms with van der Waals surface area (Å²) in [5, 5.41) is 3.99. The van der Waals surface area contributed by atoms with Crippen molar-refractivity contribution < 1.29 is 0 Å². The molecule has 3 aliphatic rings. The predicted octanol–water partition coefficient (Wildman–Crippen LogP) is 4.73. The fraction of sp³-hybridized carbons (Fsp3) is 0.700. The van der Waals surface area contributed by atoms with E-state index in [1.165, 1.54) is 45.1 Å². The average Bonchev–Trinajstić information content (AvgIpc) is 3.08. The van der Waals surface area contributed by atoms with Crippen molar-refractivity contribution >= 4 is 0 Å². The molecule has 0 heterocycles. The van der Waals surface area contributed by atoms with E-state index in [1.54, 1.807) is 11.1 Å². The molecule has 2 bridgehead atoms. The zero-order valence-electron chi connectivity index (χ0n) is 13.6. The number of hydrogen-bond acceptors (Lipinski definition) is 1. The Bertz CT molecular complexity index is 518. The molecule has 21 heavy (non-hydrogen) atoms. The lowest BCUT2D eigenvalue weighted by Gasteiger charge is -2.41. The first-order valence-corrected chi connectivity index (χ1v) is 8.95. The monoisotopic (exact) mass is 283 g/mol. The van der Waals surface area contributed by atoms with Crippen LogP contribution in [0.15, 0.2) is 24.3 Å². The van der Waals surface area contributed by atoms with Gasteiger partial charge in [0.1, 0.15) is 0 Å². The Morgan fingerprint density at radius 3 is 2.76 bits per heavy atom. The fourth-order valence-corrected chi connectivity index (χ4v) is 5.35. The van der Waals surface area contributed by atoms with Crippen LogP contribution in [-0.4, -0.2) is 6.54 Å². The summed E-state index contributed by atoms with van der Waals surface area (Å²) in [6.07, 6.45) is 8.58. The normalized spacial score (nSPS) is 36.7. The molecule has 114 valence electrons. The highest BCUT2D eigenvalue weighted by Crippen LogP contribution is 2.49. The van der Waals surface area contributed by atoms with Gasteiger partial charge in [-0.2, -0.15) is 0 Å². The molecule has 0 radical (unpaired) electrons. The van der Waals surface area contributed by atoms with Crippen molar-refractivity contribution in [2.75, 3.05) is 6.54 Å². The van der Waals surface area contributed by atoms with Gasteiger partial charge in [0.2, 0.25) is 0 Å². The molecule has 1 N–H and O–H groups in total. The van der Waals surface area contributed by atoms with Gasteiger partial charge in [-0.05, 0) is 72.9 Å². The summed E-state index contributed by atoms with van der Waals surface area (Å²) in [7, 11) is 0. The van der Waals surface area contributed by atoms with Gasteiger partial charge in [0.05, 0.1) is 0 Å². The number of benzene rings is 1. The number of aryl methyl sites for hydroxylation is 1. The smallest absolute Gasteiger partial charge is 0.0374 e. The molecule has 0 aliphatic heterocycles. The van der Waals surface area contributed by atoms with Crippen LogP contribution in [0.4, 0.5) is 0 Å². The molecule has 4 rings (SSSR count). The number of nitrogens with one attached hydrogen (secondary N) is 1. The molecular formula is C20H29N. The molecule has 4 unspecified atom stereocenters. The van der Waals surface area contributed by atoms with E-state index in [4.69, 9.17) is 0 Å². The van der Waals surface area contributed by atoms with Crippen LogP contribution < -0.4 is 5.32 Å². The summed E-state index contributed by atoms with van der Waals surface area (Å²) < 4.78 is 0. The summed E-state index contributed by atoms with van der Waals surface area (Å²) >= 11 is 0. The molecule has 0 amide bonds. The van der Waals surface area contributed by atoms with Crippen molar-refractivity contribution in [3.8, 4) is 0 Å². The standard InChI is InChI=1S/C20H29N/c1-20(2)10-9-15-5-3-4-6-18(15)19(20)21-13-17-12-14-7-8-16(17)11-14/h3-6,14,16-17,19,21H,7-13H2,1-2H3. The molecule has 2 fully saturated rings. The van der Waals surface area contributed by atoms with Crippen LogP contribution in [0.5, 0.6) is 0 Å². The van der Waals surface area contributed by atoms with Crippen LogP contribution >= 0.6 is 0 Å². The van der Waals surface area contributed by atoms with Gasteiger partial charge < -0.3 is 5.32 Å². The second kappa shape index (κ2) is 5.12. The summed E-state index contributed by atoms with van der Waals surface area (Å²) in [6.45, 7) is 6.13. The number of hydrogen-bond donors (Lipinski definition) is 1. The Hall–Kier alpha value is -0.820. The number of fused-ring (bicyclic) bond motifs is 3. The van der Waals surface area contributed by atoms with Crippen LogP contribution in [0.1, 0.15) is 63.1 Å². The third-order valence-electron chi connectivity index (χ3n) is 6.65. The molecule has 0 spiro atoms. The lowest BCUT2D eigenvalue weighted by atomic mass is 9.70. The first-order chi connectivity index (χ1) is 10.1. The Balaban J connectivity index is 1.50. The van der Waals surface area contributed by atoms with Gasteiger partial charge in [0.15, 0.2) is 0 Å². The van der Waals surface area contributed by atoms with Crippen LogP contribution in [-0.2, 0) is 6.42 Å². The molecule has 4 atom stereocenters. The van der Waals surface area contributed by atoms with Gasteiger partial charge in [-0.15, -0.1) is 0 Å². The zero-order chi connectivity index (χ0) is 14.4. The quantitative estimate of drug-likeness (QED) is 0.846. The van der Waals surface area contributed by atoms with E-state index >= 15 is 0 Å². The second-order valence-corrected chi connectivity index (χ2v) is 8.46. The summed E-state index contributed by atoms with van der Waals surface area (Å²) in [4.78, 5) is 0. The van der Waals surface area contributed by atoms with Crippen molar-refractivity contribution in [3.63, 3.8) is 0 Å². The minimum atomic E-state index is 0.381. The maximum atomic E-state index is 3.99. The molecule has 1 aromatic rings. The van der Waals surface area contributed by atoms with Crippen LogP contribution in [0.25, 0.3) is 0 Å². The van der Waals surface area contributed by atoms with E-state index in [1.807, 2.05) is 0 Å². The lowest BCUT2D eigenvalue weighted by Crippen LogP contribution is -2.40. The van der Waals surface area contributed by atoms with E-state index in [-0.39, 0.29) is 0 Å². The van der Waals surface area contributed by atoms with Crippen LogP contribution in [0.2, 0.25) is 0 Å². The minimum Gasteiger partial charge on any atom is -0.309 e. The van der Waals surface area contributed by atoms with Crippen molar-refractivity contribution in [2.45, 2.75) is 58.4 Å². The Morgan fingerprint density at radius 1 is 1.14 bits per heavy atom. The molecule has 1 heteroatoms. The maximum Gasteiger partial charge on any atom is 0.0374 e. The first kappa shape index (κ1) is 13.8. The van der Waals surface area contributed by atoms with E-state index in [2.05, 4.69) is 43.4 Å². The fourth-order valence-electron chi connectivity index (χ4n) is 5.35. The Labute approximate surface area is 129 Å². The highest BCUT2D eigenvalue weighted by molar-refractivity contribution is 5.34. The van der Waals surface area contributed by atoms with Gasteiger partial charge >= 0.3 is 0 Å². The van der Waals surface area contributed by atoms with Crippen molar-refractivity contribution in [2.24, 2.45) is 23.2 Å². The Kier molecular flexibility index (Phi) is 3.37. The van der Waals surface area contributed by atoms with Gasteiger partial charge in [-0.1, -0.05) is 44.5 Å². The topological polar surface area (TPSA) is 12.0 Å². The van der Waals surface area contributed by atoms with E-state index in [0.717, 1.165) is 17.8 Å². The highest BCUT2D eigenvalue weighted by Gasteiger charge is 2.41.